The highest BCUT2D eigenvalue weighted by Crippen LogP contribution is 2.10. The average Bonchev–Trinajstić information content (AvgIpc) is 3.00. The van der Waals surface area contributed by atoms with Crippen LogP contribution in [0.3, 0.4) is 0 Å². The molecule has 0 aliphatic heterocycles. The minimum Gasteiger partial charge on any atom is -0.341 e. The number of carbonyl (C=O) groups excluding carboxylic acids is 1. The molecule has 0 unspecified atom stereocenters. The van der Waals surface area contributed by atoms with Crippen molar-refractivity contribution in [1.82, 2.24) is 30.0 Å². The van der Waals surface area contributed by atoms with E-state index in [1.807, 2.05) is 11.5 Å². The highest BCUT2D eigenvalue weighted by molar-refractivity contribution is 5.92. The molecule has 7 heteroatoms. The van der Waals surface area contributed by atoms with Crippen molar-refractivity contribution in [2.45, 2.75) is 32.9 Å². The Bertz CT molecular complexity index is 503. The van der Waals surface area contributed by atoms with Crippen molar-refractivity contribution < 1.29 is 4.79 Å². The van der Waals surface area contributed by atoms with E-state index in [4.69, 9.17) is 0 Å². The molecule has 18 heavy (non-hydrogen) atoms. The van der Waals surface area contributed by atoms with E-state index in [0.717, 1.165) is 18.8 Å². The van der Waals surface area contributed by atoms with Gasteiger partial charge in [-0.25, -0.2) is 4.98 Å². The Morgan fingerprint density at radius 1 is 1.61 bits per heavy atom. The lowest BCUT2D eigenvalue weighted by atomic mass is 10.3. The molecule has 1 amide bonds. The predicted molar refractivity (Wildman–Crippen MR) is 64.8 cm³/mol. The number of nitrogens with one attached hydrogen (secondary N) is 2. The second-order valence-electron chi connectivity index (χ2n) is 4.04. The Hall–Kier alpha value is -2.18. The summed E-state index contributed by atoms with van der Waals surface area (Å²) in [6.45, 7) is 4.80. The summed E-state index contributed by atoms with van der Waals surface area (Å²) in [6.07, 6.45) is 5.63. The van der Waals surface area contributed by atoms with Crippen LogP contribution >= 0.6 is 0 Å². The lowest BCUT2D eigenvalue weighted by Gasteiger charge is -2.13. The standard InChI is InChI=1S/C11H16N6O/c1-3-4-17-7-14-16-10(17)8(2)15-11(18)9-5-12-6-13-9/h5-8H,3-4H2,1-2H3,(H,12,13)(H,15,18)/t8-/m1/s1. The summed E-state index contributed by atoms with van der Waals surface area (Å²) in [5.41, 5.74) is 0.434. The summed E-state index contributed by atoms with van der Waals surface area (Å²) < 4.78 is 1.94. The van der Waals surface area contributed by atoms with Crippen LogP contribution in [0, 0.1) is 0 Å². The van der Waals surface area contributed by atoms with Crippen molar-refractivity contribution in [3.63, 3.8) is 0 Å². The van der Waals surface area contributed by atoms with Gasteiger partial charge in [-0.3, -0.25) is 4.79 Å². The molecular weight excluding hydrogens is 232 g/mol. The van der Waals surface area contributed by atoms with Gasteiger partial charge in [-0.05, 0) is 13.3 Å². The number of hydrogen-bond acceptors (Lipinski definition) is 4. The summed E-state index contributed by atoms with van der Waals surface area (Å²) in [6, 6.07) is -0.199. The Labute approximate surface area is 105 Å². The van der Waals surface area contributed by atoms with Gasteiger partial charge in [0.25, 0.3) is 5.91 Å². The smallest absolute Gasteiger partial charge is 0.269 e. The summed E-state index contributed by atoms with van der Waals surface area (Å²) in [4.78, 5) is 18.4. The van der Waals surface area contributed by atoms with E-state index < -0.39 is 0 Å². The van der Waals surface area contributed by atoms with Gasteiger partial charge in [0, 0.05) is 6.54 Å². The number of aromatic nitrogens is 5. The van der Waals surface area contributed by atoms with Gasteiger partial charge in [-0.2, -0.15) is 0 Å². The number of aromatic amines is 1. The third kappa shape index (κ3) is 2.55. The predicted octanol–water partition coefficient (Wildman–Crippen LogP) is 0.902. The zero-order valence-electron chi connectivity index (χ0n) is 10.4. The van der Waals surface area contributed by atoms with Gasteiger partial charge in [-0.1, -0.05) is 6.92 Å². The molecule has 0 fully saturated rings. The topological polar surface area (TPSA) is 88.5 Å². The fraction of sp³-hybridized carbons (Fsp3) is 0.455. The number of amides is 1. The average molecular weight is 248 g/mol. The summed E-state index contributed by atoms with van der Waals surface area (Å²) in [5.74, 6) is 0.552. The van der Waals surface area contributed by atoms with Crippen LogP contribution in [0.1, 0.15) is 42.6 Å². The third-order valence-electron chi connectivity index (χ3n) is 2.59. The molecule has 0 saturated carbocycles. The van der Waals surface area contributed by atoms with Gasteiger partial charge < -0.3 is 14.9 Å². The molecule has 0 aliphatic carbocycles. The maximum atomic E-state index is 11.8. The van der Waals surface area contributed by atoms with E-state index in [9.17, 15) is 4.79 Å². The summed E-state index contributed by atoms with van der Waals surface area (Å²) in [5, 5.41) is 10.8. The second kappa shape index (κ2) is 5.44. The van der Waals surface area contributed by atoms with E-state index in [0.29, 0.717) is 5.69 Å². The molecule has 0 bridgehead atoms. The number of nitrogens with zero attached hydrogens (tertiary/aromatic N) is 4. The third-order valence-corrected chi connectivity index (χ3v) is 2.59. The van der Waals surface area contributed by atoms with Crippen LogP contribution in [-0.4, -0.2) is 30.6 Å². The van der Waals surface area contributed by atoms with Gasteiger partial charge in [0.15, 0.2) is 5.82 Å². The van der Waals surface area contributed by atoms with Crippen LogP contribution in [0.2, 0.25) is 0 Å². The maximum Gasteiger partial charge on any atom is 0.269 e. The van der Waals surface area contributed by atoms with Crippen LogP contribution in [0.15, 0.2) is 18.9 Å². The Kier molecular flexibility index (Phi) is 3.71. The van der Waals surface area contributed by atoms with E-state index in [2.05, 4.69) is 32.4 Å². The highest BCUT2D eigenvalue weighted by atomic mass is 16.2. The number of H-pyrrole nitrogens is 1. The quantitative estimate of drug-likeness (QED) is 0.822. The summed E-state index contributed by atoms with van der Waals surface area (Å²) in [7, 11) is 0. The normalized spacial score (nSPS) is 12.3. The highest BCUT2D eigenvalue weighted by Gasteiger charge is 2.16. The van der Waals surface area contributed by atoms with Gasteiger partial charge in [-0.15, -0.1) is 10.2 Å². The van der Waals surface area contributed by atoms with E-state index in [-0.39, 0.29) is 11.9 Å². The van der Waals surface area contributed by atoms with Crippen molar-refractivity contribution >= 4 is 5.91 Å². The van der Waals surface area contributed by atoms with E-state index >= 15 is 0 Å². The number of hydrogen-bond donors (Lipinski definition) is 2. The fourth-order valence-corrected chi connectivity index (χ4v) is 1.73. The first kappa shape index (κ1) is 12.3. The second-order valence-corrected chi connectivity index (χ2v) is 4.04. The minimum absolute atomic E-state index is 0.199. The van der Waals surface area contributed by atoms with Crippen molar-refractivity contribution in [2.24, 2.45) is 0 Å². The van der Waals surface area contributed by atoms with Crippen LogP contribution in [0.25, 0.3) is 0 Å². The van der Waals surface area contributed by atoms with Crippen molar-refractivity contribution in [3.8, 4) is 0 Å². The van der Waals surface area contributed by atoms with Crippen LogP contribution in [0.5, 0.6) is 0 Å². The SMILES string of the molecule is CCCn1cnnc1[C@@H](C)NC(=O)c1cnc[nH]1. The van der Waals surface area contributed by atoms with Gasteiger partial charge in [0.1, 0.15) is 12.0 Å². The molecule has 0 saturated heterocycles. The Morgan fingerprint density at radius 3 is 3.11 bits per heavy atom. The molecule has 0 spiro atoms. The molecule has 96 valence electrons. The Balaban J connectivity index is 2.05. The largest absolute Gasteiger partial charge is 0.341 e. The molecule has 0 aliphatic rings. The van der Waals surface area contributed by atoms with Gasteiger partial charge in [0.2, 0.25) is 0 Å². The van der Waals surface area contributed by atoms with Crippen molar-refractivity contribution in [1.29, 1.82) is 0 Å². The molecule has 0 radical (unpaired) electrons. The van der Waals surface area contributed by atoms with Gasteiger partial charge in [0.05, 0.1) is 18.6 Å². The minimum atomic E-state index is -0.203. The molecule has 1 atom stereocenters. The maximum absolute atomic E-state index is 11.8. The lowest BCUT2D eigenvalue weighted by molar-refractivity contribution is 0.0933. The number of aryl methyl sites for hydroxylation is 1. The first-order valence-electron chi connectivity index (χ1n) is 5.89. The molecule has 2 N–H and O–H groups in total. The summed E-state index contributed by atoms with van der Waals surface area (Å²) >= 11 is 0. The molecule has 7 nitrogen and oxygen atoms in total. The molecule has 2 aromatic heterocycles. The monoisotopic (exact) mass is 248 g/mol. The van der Waals surface area contributed by atoms with Crippen molar-refractivity contribution in [3.05, 3.63) is 30.4 Å². The number of imidazole rings is 1. The van der Waals surface area contributed by atoms with Crippen LogP contribution in [0.4, 0.5) is 0 Å². The first-order chi connectivity index (χ1) is 8.72. The lowest BCUT2D eigenvalue weighted by Crippen LogP contribution is -2.29. The Morgan fingerprint density at radius 2 is 2.44 bits per heavy atom. The van der Waals surface area contributed by atoms with Crippen LogP contribution < -0.4 is 5.32 Å². The zero-order valence-corrected chi connectivity index (χ0v) is 10.4. The fourth-order valence-electron chi connectivity index (χ4n) is 1.73. The molecule has 2 rings (SSSR count). The number of carbonyl (C=O) groups is 1. The van der Waals surface area contributed by atoms with Gasteiger partial charge >= 0.3 is 0 Å². The van der Waals surface area contributed by atoms with E-state index in [1.165, 1.54) is 12.5 Å². The van der Waals surface area contributed by atoms with Crippen LogP contribution in [-0.2, 0) is 6.54 Å². The molecular formula is C11H16N6O. The first-order valence-corrected chi connectivity index (χ1v) is 5.89. The molecule has 2 aromatic rings. The van der Waals surface area contributed by atoms with E-state index in [1.54, 1.807) is 6.33 Å². The zero-order chi connectivity index (χ0) is 13.0. The number of rotatable bonds is 5. The molecule has 2 heterocycles. The molecule has 0 aromatic carbocycles. The van der Waals surface area contributed by atoms with Crippen molar-refractivity contribution in [2.75, 3.05) is 0 Å².